The Hall–Kier alpha value is -2.71. The molecule has 2 fully saturated rings. The van der Waals surface area contributed by atoms with Crippen LogP contribution in [0.3, 0.4) is 0 Å². The smallest absolute Gasteiger partial charge is 0.247 e. The van der Waals surface area contributed by atoms with Crippen molar-refractivity contribution in [3.63, 3.8) is 0 Å². The molecule has 1 atom stereocenters. The van der Waals surface area contributed by atoms with Crippen LogP contribution in [0, 0.1) is 12.3 Å². The van der Waals surface area contributed by atoms with E-state index in [0.717, 1.165) is 24.8 Å². The Kier molecular flexibility index (Phi) is 4.86. The standard InChI is InChI=1S/C23H25N3O4S/c1-16-14-18(29-2)8-9-20(16)31(27,28)26-12-10-23(11-13-26)15-19(23)22-25-24-21(30-22)17-6-4-3-5-7-17/h3-9,14,19H,10-13,15H2,1-2H3/t19-/m1/s1. The van der Waals surface area contributed by atoms with Gasteiger partial charge in [-0.25, -0.2) is 8.42 Å². The Balaban J connectivity index is 1.28. The molecule has 5 rings (SSSR count). The summed E-state index contributed by atoms with van der Waals surface area (Å²) >= 11 is 0. The van der Waals surface area contributed by atoms with Crippen LogP contribution < -0.4 is 4.74 Å². The van der Waals surface area contributed by atoms with Crippen molar-refractivity contribution in [3.05, 3.63) is 60.0 Å². The van der Waals surface area contributed by atoms with Crippen molar-refractivity contribution in [2.45, 2.75) is 37.0 Å². The summed E-state index contributed by atoms with van der Waals surface area (Å²) < 4.78 is 39.1. The highest BCUT2D eigenvalue weighted by molar-refractivity contribution is 7.89. The highest BCUT2D eigenvalue weighted by atomic mass is 32.2. The maximum absolute atomic E-state index is 13.2. The highest BCUT2D eigenvalue weighted by Crippen LogP contribution is 2.64. The SMILES string of the molecule is COc1ccc(S(=O)(=O)N2CCC3(CC2)C[C@@H]3c2nnc(-c3ccccc3)o2)c(C)c1. The van der Waals surface area contributed by atoms with E-state index in [4.69, 9.17) is 9.15 Å². The molecular weight excluding hydrogens is 414 g/mol. The van der Waals surface area contributed by atoms with Gasteiger partial charge in [-0.05, 0) is 67.5 Å². The molecule has 0 amide bonds. The molecule has 162 valence electrons. The molecule has 1 saturated heterocycles. The van der Waals surface area contributed by atoms with Crippen LogP contribution >= 0.6 is 0 Å². The summed E-state index contributed by atoms with van der Waals surface area (Å²) in [5, 5.41) is 8.50. The Labute approximate surface area is 182 Å². The normalized spacial score (nSPS) is 20.6. The summed E-state index contributed by atoms with van der Waals surface area (Å²) in [7, 11) is -1.95. The summed E-state index contributed by atoms with van der Waals surface area (Å²) in [5.74, 6) is 2.07. The number of aryl methyl sites for hydroxylation is 1. The summed E-state index contributed by atoms with van der Waals surface area (Å²) in [6, 6.07) is 14.8. The van der Waals surface area contributed by atoms with Crippen LogP contribution in [0.4, 0.5) is 0 Å². The fraction of sp³-hybridized carbons (Fsp3) is 0.391. The largest absolute Gasteiger partial charge is 0.497 e. The van der Waals surface area contributed by atoms with Crippen molar-refractivity contribution in [3.8, 4) is 17.2 Å². The van der Waals surface area contributed by atoms with E-state index in [2.05, 4.69) is 10.2 Å². The highest BCUT2D eigenvalue weighted by Gasteiger charge is 2.59. The van der Waals surface area contributed by atoms with Crippen molar-refractivity contribution in [2.75, 3.05) is 20.2 Å². The number of sulfonamides is 1. The third-order valence-electron chi connectivity index (χ3n) is 6.67. The lowest BCUT2D eigenvalue weighted by Crippen LogP contribution is -2.39. The van der Waals surface area contributed by atoms with Gasteiger partial charge in [-0.15, -0.1) is 10.2 Å². The zero-order valence-corrected chi connectivity index (χ0v) is 18.4. The molecule has 8 heteroatoms. The summed E-state index contributed by atoms with van der Waals surface area (Å²) in [5.41, 5.74) is 1.68. The summed E-state index contributed by atoms with van der Waals surface area (Å²) in [6.07, 6.45) is 2.57. The molecular formula is C23H25N3O4S. The Morgan fingerprint density at radius 2 is 1.84 bits per heavy atom. The number of rotatable bonds is 5. The molecule has 2 heterocycles. The number of nitrogens with zero attached hydrogens (tertiary/aromatic N) is 3. The Morgan fingerprint density at radius 3 is 2.52 bits per heavy atom. The predicted octanol–water partition coefficient (Wildman–Crippen LogP) is 4.01. The van der Waals surface area contributed by atoms with Gasteiger partial charge >= 0.3 is 0 Å². The molecule has 0 radical (unpaired) electrons. The monoisotopic (exact) mass is 439 g/mol. The number of ether oxygens (including phenoxy) is 1. The van der Waals surface area contributed by atoms with E-state index in [-0.39, 0.29) is 11.3 Å². The molecule has 1 aromatic heterocycles. The fourth-order valence-corrected chi connectivity index (χ4v) is 6.32. The van der Waals surface area contributed by atoms with Gasteiger partial charge in [0.2, 0.25) is 21.8 Å². The second kappa shape index (κ2) is 7.46. The zero-order valence-electron chi connectivity index (χ0n) is 17.6. The van der Waals surface area contributed by atoms with Gasteiger partial charge in [0.1, 0.15) is 5.75 Å². The molecule has 0 N–H and O–H groups in total. The molecule has 1 aliphatic heterocycles. The van der Waals surface area contributed by atoms with Crippen LogP contribution in [0.2, 0.25) is 0 Å². The van der Waals surface area contributed by atoms with Crippen molar-refractivity contribution in [2.24, 2.45) is 5.41 Å². The van der Waals surface area contributed by atoms with Crippen molar-refractivity contribution < 1.29 is 17.6 Å². The predicted molar refractivity (Wildman–Crippen MR) is 115 cm³/mol. The van der Waals surface area contributed by atoms with Crippen molar-refractivity contribution >= 4 is 10.0 Å². The number of hydrogen-bond acceptors (Lipinski definition) is 6. The van der Waals surface area contributed by atoms with Crippen LogP contribution in [0.5, 0.6) is 5.75 Å². The van der Waals surface area contributed by atoms with Crippen LogP contribution in [0.25, 0.3) is 11.5 Å². The van der Waals surface area contributed by atoms with E-state index in [0.29, 0.717) is 41.1 Å². The average molecular weight is 440 g/mol. The topological polar surface area (TPSA) is 85.5 Å². The molecule has 3 aromatic rings. The van der Waals surface area contributed by atoms with Crippen molar-refractivity contribution in [1.29, 1.82) is 0 Å². The minimum absolute atomic E-state index is 0.0709. The van der Waals surface area contributed by atoms with Gasteiger partial charge in [-0.2, -0.15) is 4.31 Å². The first kappa shape index (κ1) is 20.2. The van der Waals surface area contributed by atoms with Crippen LogP contribution in [-0.2, 0) is 10.0 Å². The molecule has 2 aliphatic rings. The summed E-state index contributed by atoms with van der Waals surface area (Å²) in [4.78, 5) is 0.348. The van der Waals surface area contributed by atoms with Crippen LogP contribution in [-0.4, -0.2) is 43.1 Å². The Bertz CT molecular complexity index is 1200. The molecule has 1 spiro atoms. The van der Waals surface area contributed by atoms with E-state index in [1.807, 2.05) is 30.3 Å². The maximum Gasteiger partial charge on any atom is 0.247 e. The van der Waals surface area contributed by atoms with Gasteiger partial charge in [0, 0.05) is 24.6 Å². The van der Waals surface area contributed by atoms with Gasteiger partial charge < -0.3 is 9.15 Å². The summed E-state index contributed by atoms with van der Waals surface area (Å²) in [6.45, 7) is 2.81. The zero-order chi connectivity index (χ0) is 21.6. The molecule has 0 unspecified atom stereocenters. The number of methoxy groups -OCH3 is 1. The molecule has 1 saturated carbocycles. The van der Waals surface area contributed by atoms with Crippen molar-refractivity contribution in [1.82, 2.24) is 14.5 Å². The lowest BCUT2D eigenvalue weighted by Gasteiger charge is -2.32. The first-order valence-electron chi connectivity index (χ1n) is 10.5. The minimum atomic E-state index is -3.53. The van der Waals surface area contributed by atoms with E-state index >= 15 is 0 Å². The van der Waals surface area contributed by atoms with E-state index in [1.54, 1.807) is 36.5 Å². The fourth-order valence-electron chi connectivity index (χ4n) is 4.67. The second-order valence-corrected chi connectivity index (χ2v) is 10.4. The number of hydrogen-bond donors (Lipinski definition) is 0. The number of benzene rings is 2. The molecule has 1 aliphatic carbocycles. The van der Waals surface area contributed by atoms with Gasteiger partial charge in [0.15, 0.2) is 0 Å². The van der Waals surface area contributed by atoms with Crippen LogP contribution in [0.15, 0.2) is 57.8 Å². The third kappa shape index (κ3) is 3.53. The van der Waals surface area contributed by atoms with E-state index in [9.17, 15) is 8.42 Å². The second-order valence-electron chi connectivity index (χ2n) is 8.47. The molecule has 2 aromatic carbocycles. The number of aromatic nitrogens is 2. The molecule has 7 nitrogen and oxygen atoms in total. The first-order valence-corrected chi connectivity index (χ1v) is 11.9. The van der Waals surface area contributed by atoms with Gasteiger partial charge in [0.25, 0.3) is 0 Å². The van der Waals surface area contributed by atoms with E-state index < -0.39 is 10.0 Å². The molecule has 31 heavy (non-hydrogen) atoms. The number of piperidine rings is 1. The van der Waals surface area contributed by atoms with E-state index in [1.165, 1.54) is 0 Å². The lowest BCUT2D eigenvalue weighted by atomic mass is 9.92. The Morgan fingerprint density at radius 1 is 1.10 bits per heavy atom. The quantitative estimate of drug-likeness (QED) is 0.597. The third-order valence-corrected chi connectivity index (χ3v) is 8.73. The first-order chi connectivity index (χ1) is 14.9. The lowest BCUT2D eigenvalue weighted by molar-refractivity contribution is 0.246. The van der Waals surface area contributed by atoms with Gasteiger partial charge in [-0.3, -0.25) is 0 Å². The molecule has 0 bridgehead atoms. The van der Waals surface area contributed by atoms with Gasteiger partial charge in [-0.1, -0.05) is 18.2 Å². The average Bonchev–Trinajstić information content (AvgIpc) is 3.25. The minimum Gasteiger partial charge on any atom is -0.497 e. The maximum atomic E-state index is 13.2. The van der Waals surface area contributed by atoms with Gasteiger partial charge in [0.05, 0.1) is 12.0 Å². The van der Waals surface area contributed by atoms with Crippen LogP contribution in [0.1, 0.15) is 36.6 Å².